The summed E-state index contributed by atoms with van der Waals surface area (Å²) < 4.78 is 24.2. The van der Waals surface area contributed by atoms with Crippen molar-refractivity contribution in [2.45, 2.75) is 13.1 Å². The van der Waals surface area contributed by atoms with E-state index in [1.807, 2.05) is 18.3 Å². The number of benzene rings is 1. The van der Waals surface area contributed by atoms with Gasteiger partial charge in [0.2, 0.25) is 0 Å². The number of pyridine rings is 1. The number of ether oxygens (including phenoxy) is 1. The van der Waals surface area contributed by atoms with Gasteiger partial charge >= 0.3 is 0 Å². The Labute approximate surface area is 169 Å². The first-order chi connectivity index (χ1) is 13.3. The van der Waals surface area contributed by atoms with Crippen LogP contribution in [0.3, 0.4) is 0 Å². The molecule has 3 heterocycles. The van der Waals surface area contributed by atoms with Crippen molar-refractivity contribution in [2.24, 2.45) is 0 Å². The van der Waals surface area contributed by atoms with Gasteiger partial charge in [-0.2, -0.15) is 0 Å². The molecule has 1 N–H and O–H groups in total. The number of morpholine rings is 1. The summed E-state index contributed by atoms with van der Waals surface area (Å²) in [6.07, 6.45) is 1.91. The molecule has 0 spiro atoms. The van der Waals surface area contributed by atoms with Crippen LogP contribution in [0.4, 0.5) is 10.2 Å². The van der Waals surface area contributed by atoms with Crippen LogP contribution < -0.4 is 10.2 Å². The summed E-state index contributed by atoms with van der Waals surface area (Å²) in [5.74, 6) is 2.33. The third-order valence-corrected chi connectivity index (χ3v) is 4.56. The molecule has 5 nitrogen and oxygen atoms in total. The van der Waals surface area contributed by atoms with Crippen molar-refractivity contribution in [1.82, 2.24) is 10.3 Å². The molecule has 0 atom stereocenters. The molecule has 1 aliphatic heterocycles. The third kappa shape index (κ3) is 5.10. The fourth-order valence-electron chi connectivity index (χ4n) is 3.07. The fourth-order valence-corrected chi connectivity index (χ4v) is 3.07. The highest BCUT2D eigenvalue weighted by Crippen LogP contribution is 2.22. The number of hydrogen-bond donors (Lipinski definition) is 1. The van der Waals surface area contributed by atoms with Gasteiger partial charge in [0.05, 0.1) is 19.8 Å². The number of anilines is 1. The number of halogens is 2. The van der Waals surface area contributed by atoms with Crippen LogP contribution in [-0.4, -0.2) is 31.3 Å². The molecule has 1 saturated heterocycles. The van der Waals surface area contributed by atoms with Crippen molar-refractivity contribution in [1.29, 1.82) is 0 Å². The van der Waals surface area contributed by atoms with Crippen LogP contribution in [0.25, 0.3) is 11.3 Å². The second-order valence-electron chi connectivity index (χ2n) is 6.50. The van der Waals surface area contributed by atoms with E-state index in [0.29, 0.717) is 13.1 Å². The van der Waals surface area contributed by atoms with Crippen molar-refractivity contribution in [3.63, 3.8) is 0 Å². The lowest BCUT2D eigenvalue weighted by atomic mass is 10.2. The molecular weight excluding hydrogens is 381 g/mol. The highest BCUT2D eigenvalue weighted by Gasteiger charge is 2.12. The standard InChI is InChI=1S/C21H22FN3O2.ClH/c22-18-4-2-17(3-5-18)20-7-6-19(27-20)15-23-13-16-1-8-21(24-14-16)25-9-11-26-12-10-25;/h1-8,14,23H,9-13,15H2;1H. The molecule has 3 aromatic rings. The van der Waals surface area contributed by atoms with Gasteiger partial charge in [0.1, 0.15) is 23.2 Å². The van der Waals surface area contributed by atoms with Gasteiger partial charge < -0.3 is 19.4 Å². The maximum absolute atomic E-state index is 13.0. The first-order valence-electron chi connectivity index (χ1n) is 9.11. The average Bonchev–Trinajstić information content (AvgIpc) is 3.19. The zero-order valence-electron chi connectivity index (χ0n) is 15.4. The van der Waals surface area contributed by atoms with E-state index in [1.54, 1.807) is 12.1 Å². The van der Waals surface area contributed by atoms with Gasteiger partial charge in [-0.3, -0.25) is 0 Å². The molecule has 0 aliphatic carbocycles. The van der Waals surface area contributed by atoms with Crippen LogP contribution in [0, 0.1) is 5.82 Å². The summed E-state index contributed by atoms with van der Waals surface area (Å²) in [7, 11) is 0. The van der Waals surface area contributed by atoms with Crippen molar-refractivity contribution >= 4 is 18.2 Å². The van der Waals surface area contributed by atoms with E-state index in [9.17, 15) is 4.39 Å². The summed E-state index contributed by atoms with van der Waals surface area (Å²) in [6, 6.07) is 14.3. The maximum atomic E-state index is 13.0. The van der Waals surface area contributed by atoms with Gasteiger partial charge in [0.15, 0.2) is 0 Å². The molecule has 28 heavy (non-hydrogen) atoms. The minimum Gasteiger partial charge on any atom is -0.460 e. The van der Waals surface area contributed by atoms with Crippen LogP contribution in [0.1, 0.15) is 11.3 Å². The van der Waals surface area contributed by atoms with E-state index in [4.69, 9.17) is 9.15 Å². The second-order valence-corrected chi connectivity index (χ2v) is 6.50. The molecule has 1 fully saturated rings. The van der Waals surface area contributed by atoms with Crippen LogP contribution in [0.2, 0.25) is 0 Å². The maximum Gasteiger partial charge on any atom is 0.134 e. The summed E-state index contributed by atoms with van der Waals surface area (Å²) >= 11 is 0. The summed E-state index contributed by atoms with van der Waals surface area (Å²) in [4.78, 5) is 6.79. The van der Waals surface area contributed by atoms with E-state index < -0.39 is 0 Å². The lowest BCUT2D eigenvalue weighted by Crippen LogP contribution is -2.36. The SMILES string of the molecule is Cl.Fc1ccc(-c2ccc(CNCc3ccc(N4CCOCC4)nc3)o2)cc1. The van der Waals surface area contributed by atoms with Crippen LogP contribution in [0.5, 0.6) is 0 Å². The first-order valence-corrected chi connectivity index (χ1v) is 9.11. The van der Waals surface area contributed by atoms with E-state index in [0.717, 1.165) is 54.8 Å². The molecule has 148 valence electrons. The molecule has 2 aromatic heterocycles. The number of hydrogen-bond acceptors (Lipinski definition) is 5. The zero-order valence-corrected chi connectivity index (χ0v) is 16.3. The Bertz CT molecular complexity index is 862. The monoisotopic (exact) mass is 403 g/mol. The Morgan fingerprint density at radius 3 is 2.46 bits per heavy atom. The third-order valence-electron chi connectivity index (χ3n) is 4.56. The highest BCUT2D eigenvalue weighted by atomic mass is 35.5. The number of aromatic nitrogens is 1. The van der Waals surface area contributed by atoms with Gasteiger partial charge in [0, 0.05) is 31.4 Å². The average molecular weight is 404 g/mol. The first kappa shape index (κ1) is 20.3. The summed E-state index contributed by atoms with van der Waals surface area (Å²) in [5, 5.41) is 3.36. The van der Waals surface area contributed by atoms with Crippen molar-refractivity contribution < 1.29 is 13.5 Å². The molecule has 7 heteroatoms. The number of furan rings is 1. The minimum atomic E-state index is -0.250. The number of rotatable bonds is 6. The van der Waals surface area contributed by atoms with E-state index >= 15 is 0 Å². The molecule has 0 amide bonds. The molecule has 0 bridgehead atoms. The van der Waals surface area contributed by atoms with Gasteiger partial charge in [-0.1, -0.05) is 6.07 Å². The second kappa shape index (κ2) is 9.68. The largest absolute Gasteiger partial charge is 0.460 e. The number of nitrogens with zero attached hydrogens (tertiary/aromatic N) is 2. The molecule has 1 aliphatic rings. The smallest absolute Gasteiger partial charge is 0.134 e. The summed E-state index contributed by atoms with van der Waals surface area (Å²) in [6.45, 7) is 4.62. The zero-order chi connectivity index (χ0) is 18.5. The normalized spacial score (nSPS) is 14.0. The van der Waals surface area contributed by atoms with E-state index in [-0.39, 0.29) is 18.2 Å². The highest BCUT2D eigenvalue weighted by molar-refractivity contribution is 5.85. The van der Waals surface area contributed by atoms with Gasteiger partial charge in [-0.15, -0.1) is 12.4 Å². The number of nitrogens with one attached hydrogen (secondary N) is 1. The van der Waals surface area contributed by atoms with E-state index in [1.165, 1.54) is 12.1 Å². The summed E-state index contributed by atoms with van der Waals surface area (Å²) in [5.41, 5.74) is 1.99. The molecule has 0 unspecified atom stereocenters. The van der Waals surface area contributed by atoms with Crippen molar-refractivity contribution in [2.75, 3.05) is 31.2 Å². The van der Waals surface area contributed by atoms with Gasteiger partial charge in [-0.05, 0) is 48.0 Å². The van der Waals surface area contributed by atoms with Crippen LogP contribution in [0.15, 0.2) is 59.1 Å². The van der Waals surface area contributed by atoms with Crippen LogP contribution in [-0.2, 0) is 17.8 Å². The van der Waals surface area contributed by atoms with Gasteiger partial charge in [-0.25, -0.2) is 9.37 Å². The van der Waals surface area contributed by atoms with Gasteiger partial charge in [0.25, 0.3) is 0 Å². The molecule has 0 radical (unpaired) electrons. The van der Waals surface area contributed by atoms with Crippen molar-refractivity contribution in [3.05, 3.63) is 71.9 Å². The minimum absolute atomic E-state index is 0. The lowest BCUT2D eigenvalue weighted by molar-refractivity contribution is 0.122. The topological polar surface area (TPSA) is 50.5 Å². The van der Waals surface area contributed by atoms with Crippen molar-refractivity contribution in [3.8, 4) is 11.3 Å². The Balaban J connectivity index is 0.00000225. The van der Waals surface area contributed by atoms with Crippen LogP contribution >= 0.6 is 12.4 Å². The Hall–Kier alpha value is -2.41. The molecular formula is C21H23ClFN3O2. The predicted octanol–water partition coefficient (Wildman–Crippen LogP) is 4.03. The molecule has 4 rings (SSSR count). The Morgan fingerprint density at radius 1 is 0.964 bits per heavy atom. The molecule has 1 aromatic carbocycles. The Kier molecular flexibility index (Phi) is 7.03. The Morgan fingerprint density at radius 2 is 1.75 bits per heavy atom. The lowest BCUT2D eigenvalue weighted by Gasteiger charge is -2.27. The predicted molar refractivity (Wildman–Crippen MR) is 109 cm³/mol. The fraction of sp³-hybridized carbons (Fsp3) is 0.286. The quantitative estimate of drug-likeness (QED) is 0.673. The van der Waals surface area contributed by atoms with E-state index in [2.05, 4.69) is 27.3 Å². The molecule has 0 saturated carbocycles.